The number of thiol groups is 1. The number of ether oxygens (including phenoxy) is 1. The predicted molar refractivity (Wildman–Crippen MR) is 83.0 cm³/mol. The van der Waals surface area contributed by atoms with Gasteiger partial charge in [0.15, 0.2) is 0 Å². The fraction of sp³-hybridized carbons (Fsp3) is 0.429. The summed E-state index contributed by atoms with van der Waals surface area (Å²) in [6.07, 6.45) is -0.894. The fourth-order valence-corrected chi connectivity index (χ4v) is 2.36. The third-order valence-electron chi connectivity index (χ3n) is 3.28. The van der Waals surface area contributed by atoms with Gasteiger partial charge in [0.05, 0.1) is 0 Å². The van der Waals surface area contributed by atoms with Gasteiger partial charge >= 0.3 is 5.97 Å². The molecule has 21 heavy (non-hydrogen) atoms. The molecule has 114 valence electrons. The summed E-state index contributed by atoms with van der Waals surface area (Å²) in [5.74, 6) is -0.654. The Morgan fingerprint density at radius 1 is 1.29 bits per heavy atom. The maximum Gasteiger partial charge on any atom is 0.303 e. The number of nitrogens with zero attached hydrogens (tertiary/aromatic N) is 1. The first-order valence-electron chi connectivity index (χ1n) is 6.78. The van der Waals surface area contributed by atoms with Crippen molar-refractivity contribution < 1.29 is 14.3 Å². The molecular weight excluding hydrogens is 290 g/mol. The summed E-state index contributed by atoms with van der Waals surface area (Å²) < 4.78 is 7.94. The van der Waals surface area contributed by atoms with Gasteiger partial charge < -0.3 is 19.7 Å². The average Bonchev–Trinajstić information content (AvgIpc) is 2.53. The van der Waals surface area contributed by atoms with Crippen LogP contribution in [0.5, 0.6) is 0 Å². The second-order valence-electron chi connectivity index (χ2n) is 4.80. The summed E-state index contributed by atoms with van der Waals surface area (Å²) in [6, 6.07) is 7.08. The van der Waals surface area contributed by atoms with Gasteiger partial charge in [-0.3, -0.25) is 9.59 Å². The van der Waals surface area contributed by atoms with Gasteiger partial charge in [-0.25, -0.2) is 0 Å². The Labute approximate surface area is 129 Å². The average molecular weight is 309 g/mol. The summed E-state index contributed by atoms with van der Waals surface area (Å²) >= 11 is 3.96. The second-order valence-corrected chi connectivity index (χ2v) is 5.02. The molecule has 0 saturated carbocycles. The number of benzene rings is 1. The number of anilines is 1. The maximum atomic E-state index is 12.6. The first-order valence-corrected chi connectivity index (χ1v) is 7.23. The molecule has 1 aromatic rings. The van der Waals surface area contributed by atoms with Crippen LogP contribution >= 0.6 is 12.8 Å². The van der Waals surface area contributed by atoms with Crippen molar-refractivity contribution in [3.63, 3.8) is 0 Å². The molecule has 1 saturated heterocycles. The Morgan fingerprint density at radius 3 is 2.43 bits per heavy atom. The van der Waals surface area contributed by atoms with Gasteiger partial charge in [-0.05, 0) is 12.1 Å². The van der Waals surface area contributed by atoms with Gasteiger partial charge in [0, 0.05) is 44.4 Å². The molecule has 1 atom stereocenters. The highest BCUT2D eigenvalue weighted by Crippen LogP contribution is 2.23. The molecule has 0 radical (unpaired) electrons. The largest absolute Gasteiger partial charge is 0.447 e. The van der Waals surface area contributed by atoms with Gasteiger partial charge in [0.25, 0.3) is 5.91 Å². The molecule has 0 aromatic heterocycles. The Hall–Kier alpha value is -1.73. The summed E-state index contributed by atoms with van der Waals surface area (Å²) in [6.45, 7) is 4.05. The van der Waals surface area contributed by atoms with Gasteiger partial charge in [0.2, 0.25) is 6.10 Å². The molecule has 0 bridgehead atoms. The van der Waals surface area contributed by atoms with Crippen LogP contribution in [0.25, 0.3) is 0 Å². The molecule has 0 aliphatic carbocycles. The Balaban J connectivity index is 2.19. The topological polar surface area (TPSA) is 70.7 Å². The summed E-state index contributed by atoms with van der Waals surface area (Å²) in [5, 5.41) is 3.19. The summed E-state index contributed by atoms with van der Waals surface area (Å²) in [4.78, 5) is 25.6. The maximum absolute atomic E-state index is 12.6. The molecular formula is C14H19N3O3S. The smallest absolute Gasteiger partial charge is 0.303 e. The number of amides is 1. The fourth-order valence-electron chi connectivity index (χ4n) is 2.21. The van der Waals surface area contributed by atoms with Crippen LogP contribution in [0.3, 0.4) is 0 Å². The summed E-state index contributed by atoms with van der Waals surface area (Å²) in [5.41, 5.74) is 1.46. The zero-order valence-electron chi connectivity index (χ0n) is 11.8. The molecule has 1 aliphatic heterocycles. The zero-order valence-corrected chi connectivity index (χ0v) is 12.7. The summed E-state index contributed by atoms with van der Waals surface area (Å²) in [7, 11) is 0. The van der Waals surface area contributed by atoms with E-state index in [-0.39, 0.29) is 5.91 Å². The van der Waals surface area contributed by atoms with Crippen molar-refractivity contribution in [3.05, 3.63) is 29.8 Å². The van der Waals surface area contributed by atoms with E-state index in [1.54, 1.807) is 29.2 Å². The monoisotopic (exact) mass is 309 g/mol. The molecule has 1 aromatic carbocycles. The van der Waals surface area contributed by atoms with Gasteiger partial charge in [-0.15, -0.1) is 0 Å². The number of carbonyl (C=O) groups excluding carboxylic acids is 2. The van der Waals surface area contributed by atoms with E-state index in [4.69, 9.17) is 4.74 Å². The van der Waals surface area contributed by atoms with Gasteiger partial charge in [-0.2, -0.15) is 0 Å². The van der Waals surface area contributed by atoms with Crippen LogP contribution in [0.4, 0.5) is 5.69 Å². The van der Waals surface area contributed by atoms with Crippen molar-refractivity contribution in [1.82, 2.24) is 10.2 Å². The van der Waals surface area contributed by atoms with Crippen molar-refractivity contribution in [2.75, 3.05) is 30.9 Å². The van der Waals surface area contributed by atoms with E-state index in [1.165, 1.54) is 6.92 Å². The van der Waals surface area contributed by atoms with E-state index in [0.29, 0.717) is 18.7 Å². The molecule has 6 nitrogen and oxygen atoms in total. The normalized spacial score (nSPS) is 16.2. The lowest BCUT2D eigenvalue weighted by Gasteiger charge is -2.30. The van der Waals surface area contributed by atoms with Crippen molar-refractivity contribution in [3.8, 4) is 0 Å². The van der Waals surface area contributed by atoms with Crippen LogP contribution in [-0.4, -0.2) is 43.0 Å². The molecule has 1 amide bonds. The molecule has 1 unspecified atom stereocenters. The van der Waals surface area contributed by atoms with Crippen LogP contribution < -0.4 is 10.0 Å². The lowest BCUT2D eigenvalue weighted by Crippen LogP contribution is -2.48. The number of hydrogen-bond donors (Lipinski definition) is 3. The number of rotatable bonds is 4. The minimum atomic E-state index is -0.894. The number of nitrogens with one attached hydrogen (secondary N) is 2. The Bertz CT molecular complexity index is 501. The van der Waals surface area contributed by atoms with E-state index in [9.17, 15) is 9.59 Å². The molecule has 7 heteroatoms. The number of carbonyl (C=O) groups is 2. The quantitative estimate of drug-likeness (QED) is 0.571. The van der Waals surface area contributed by atoms with E-state index in [1.807, 2.05) is 0 Å². The van der Waals surface area contributed by atoms with Crippen LogP contribution in [-0.2, 0) is 14.3 Å². The highest BCUT2D eigenvalue weighted by Gasteiger charge is 2.29. The minimum absolute atomic E-state index is 0.182. The third kappa shape index (κ3) is 4.12. The standard InChI is InChI=1S/C14H19N3O3S/c1-10(18)20-13(11-2-4-12(16-21)5-3-11)14(19)17-8-6-15-7-9-17/h2-5,13,15-16,21H,6-9H2,1H3. The SMILES string of the molecule is CC(=O)OC(C(=O)N1CCNCC1)c1ccc(NS)cc1. The molecule has 2 rings (SSSR count). The van der Waals surface area contributed by atoms with Crippen LogP contribution in [0.2, 0.25) is 0 Å². The second kappa shape index (κ2) is 7.33. The molecule has 2 N–H and O–H groups in total. The van der Waals surface area contributed by atoms with Gasteiger partial charge in [0.1, 0.15) is 0 Å². The molecule has 1 fully saturated rings. The predicted octanol–water partition coefficient (Wildman–Crippen LogP) is 0.979. The Kier molecular flexibility index (Phi) is 5.46. The molecule has 0 spiro atoms. The van der Waals surface area contributed by atoms with Crippen molar-refractivity contribution in [2.45, 2.75) is 13.0 Å². The van der Waals surface area contributed by atoms with Crippen LogP contribution in [0.1, 0.15) is 18.6 Å². The van der Waals surface area contributed by atoms with E-state index in [2.05, 4.69) is 22.9 Å². The Morgan fingerprint density at radius 2 is 1.90 bits per heavy atom. The minimum Gasteiger partial charge on any atom is -0.447 e. The van der Waals surface area contributed by atoms with Crippen molar-refractivity contribution in [2.24, 2.45) is 0 Å². The van der Waals surface area contributed by atoms with Crippen LogP contribution in [0.15, 0.2) is 24.3 Å². The molecule has 1 aliphatic rings. The lowest BCUT2D eigenvalue weighted by atomic mass is 10.1. The lowest BCUT2D eigenvalue weighted by molar-refractivity contribution is -0.159. The highest BCUT2D eigenvalue weighted by atomic mass is 32.1. The van der Waals surface area contributed by atoms with Crippen molar-refractivity contribution >= 4 is 30.4 Å². The zero-order chi connectivity index (χ0) is 15.2. The van der Waals surface area contributed by atoms with Crippen molar-refractivity contribution in [1.29, 1.82) is 0 Å². The first-order chi connectivity index (χ1) is 10.1. The third-order valence-corrected chi connectivity index (χ3v) is 3.54. The van der Waals surface area contributed by atoms with Crippen LogP contribution in [0, 0.1) is 0 Å². The number of hydrogen-bond acceptors (Lipinski definition) is 6. The van der Waals surface area contributed by atoms with E-state index >= 15 is 0 Å². The molecule has 1 heterocycles. The first kappa shape index (κ1) is 15.7. The number of esters is 1. The highest BCUT2D eigenvalue weighted by molar-refractivity contribution is 7.81. The van der Waals surface area contributed by atoms with E-state index in [0.717, 1.165) is 18.8 Å². The number of piperazine rings is 1. The van der Waals surface area contributed by atoms with E-state index < -0.39 is 12.1 Å². The van der Waals surface area contributed by atoms with Gasteiger partial charge in [-0.1, -0.05) is 24.9 Å².